The van der Waals surface area contributed by atoms with Crippen LogP contribution < -0.4 is 0 Å². The van der Waals surface area contributed by atoms with Gasteiger partial charge in [-0.2, -0.15) is 10.2 Å². The van der Waals surface area contributed by atoms with Gasteiger partial charge in [0.05, 0.1) is 30.7 Å². The highest BCUT2D eigenvalue weighted by atomic mass is 32.1. The smallest absolute Gasteiger partial charge is 0.424 e. The maximum absolute atomic E-state index is 11.8. The Morgan fingerprint density at radius 1 is 1.38 bits per heavy atom. The van der Waals surface area contributed by atoms with Crippen molar-refractivity contribution in [3.63, 3.8) is 0 Å². The lowest BCUT2D eigenvalue weighted by Crippen LogP contribution is -2.25. The second-order valence-electron chi connectivity index (χ2n) is 5.37. The normalized spacial score (nSPS) is 18.8. The summed E-state index contributed by atoms with van der Waals surface area (Å²) >= 11 is 5.96. The predicted octanol–water partition coefficient (Wildman–Crippen LogP) is 4.16. The number of hydrogen-bond acceptors (Lipinski definition) is 6. The number of nitrogens with zero attached hydrogens (tertiary/aromatic N) is 3. The minimum absolute atomic E-state index is 0.0702. The average Bonchev–Trinajstić information content (AvgIpc) is 3.25. The summed E-state index contributed by atoms with van der Waals surface area (Å²) in [7, 11) is 1.33. The van der Waals surface area contributed by atoms with Crippen LogP contribution in [0, 0.1) is 0 Å². The van der Waals surface area contributed by atoms with Crippen molar-refractivity contribution >= 4 is 52.3 Å². The highest BCUT2D eigenvalue weighted by Gasteiger charge is 2.30. The second-order valence-corrected chi connectivity index (χ2v) is 6.88. The summed E-state index contributed by atoms with van der Waals surface area (Å²) in [6.45, 7) is 0. The number of thiol groups is 1. The van der Waals surface area contributed by atoms with Crippen molar-refractivity contribution < 1.29 is 9.53 Å². The molecule has 0 spiro atoms. The number of allylic oxidation sites excluding steroid dienone is 3. The van der Waals surface area contributed by atoms with E-state index in [1.807, 2.05) is 24.3 Å². The predicted molar refractivity (Wildman–Crippen MR) is 99.9 cm³/mol. The number of benzene rings is 1. The Labute approximate surface area is 148 Å². The first-order valence-corrected chi connectivity index (χ1v) is 8.49. The van der Waals surface area contributed by atoms with Gasteiger partial charge in [-0.1, -0.05) is 31.0 Å². The van der Waals surface area contributed by atoms with Gasteiger partial charge in [-0.15, -0.1) is 11.3 Å². The molecule has 1 aromatic heterocycles. The van der Waals surface area contributed by atoms with Crippen LogP contribution in [0.4, 0.5) is 4.79 Å². The van der Waals surface area contributed by atoms with E-state index in [9.17, 15) is 4.79 Å². The van der Waals surface area contributed by atoms with Crippen LogP contribution in [-0.2, 0) is 4.74 Å². The van der Waals surface area contributed by atoms with Gasteiger partial charge in [-0.3, -0.25) is 0 Å². The maximum atomic E-state index is 11.8. The number of carbonyl (C=O) groups excluding carboxylic acids is 1. The van der Waals surface area contributed by atoms with E-state index < -0.39 is 6.09 Å². The summed E-state index contributed by atoms with van der Waals surface area (Å²) in [5, 5.41) is 9.48. The van der Waals surface area contributed by atoms with Crippen LogP contribution in [0.2, 0.25) is 0 Å². The number of thiophene rings is 1. The van der Waals surface area contributed by atoms with E-state index in [0.717, 1.165) is 16.2 Å². The summed E-state index contributed by atoms with van der Waals surface area (Å²) in [4.78, 5) is 12.9. The van der Waals surface area contributed by atoms with E-state index in [4.69, 9.17) is 4.74 Å². The van der Waals surface area contributed by atoms with Crippen LogP contribution in [0.3, 0.4) is 0 Å². The molecule has 1 aromatic carbocycles. The van der Waals surface area contributed by atoms with Crippen molar-refractivity contribution in [2.45, 2.75) is 5.92 Å². The second kappa shape index (κ2) is 5.92. The molecule has 2 heterocycles. The lowest BCUT2D eigenvalue weighted by atomic mass is 9.90. The lowest BCUT2D eigenvalue weighted by molar-refractivity contribution is 0.159. The van der Waals surface area contributed by atoms with Gasteiger partial charge in [0, 0.05) is 15.2 Å². The molecule has 0 radical (unpaired) electrons. The van der Waals surface area contributed by atoms with Crippen molar-refractivity contribution in [2.75, 3.05) is 7.11 Å². The third-order valence-corrected chi connectivity index (χ3v) is 5.53. The van der Waals surface area contributed by atoms with Gasteiger partial charge in [-0.05, 0) is 29.7 Å². The zero-order valence-electron chi connectivity index (χ0n) is 12.7. The summed E-state index contributed by atoms with van der Waals surface area (Å²) in [6.07, 6.45) is 4.96. The van der Waals surface area contributed by atoms with Gasteiger partial charge in [0.1, 0.15) is 0 Å². The van der Waals surface area contributed by atoms with Crippen LogP contribution in [0.5, 0.6) is 0 Å². The Hall–Kier alpha value is -2.38. The maximum Gasteiger partial charge on any atom is 0.424 e. The molecular formula is C17H13N3O2S2. The van der Waals surface area contributed by atoms with E-state index in [1.165, 1.54) is 21.5 Å². The van der Waals surface area contributed by atoms with Gasteiger partial charge in [-0.25, -0.2) is 9.10 Å². The third kappa shape index (κ3) is 2.46. The molecule has 2 aromatic rings. The van der Waals surface area contributed by atoms with Gasteiger partial charge in [0.25, 0.3) is 0 Å². The Morgan fingerprint density at radius 3 is 3.00 bits per heavy atom. The van der Waals surface area contributed by atoms with Crippen LogP contribution in [0.15, 0.2) is 64.0 Å². The summed E-state index contributed by atoms with van der Waals surface area (Å²) in [5.74, 6) is -0.0702. The molecule has 2 aliphatic rings. The Morgan fingerprint density at radius 2 is 2.21 bits per heavy atom. The SMILES string of the molecule is COC(=O)N(S)C1=CC(c2cc3ccccc3s2)C2=NN=CC2=C1. The van der Waals surface area contributed by atoms with E-state index in [0.29, 0.717) is 5.70 Å². The molecule has 0 saturated heterocycles. The zero-order chi connectivity index (χ0) is 16.7. The summed E-state index contributed by atoms with van der Waals surface area (Å²) in [6, 6.07) is 10.4. The van der Waals surface area contributed by atoms with Crippen molar-refractivity contribution in [2.24, 2.45) is 10.2 Å². The molecule has 1 aliphatic carbocycles. The van der Waals surface area contributed by atoms with E-state index in [-0.39, 0.29) is 5.92 Å². The Balaban J connectivity index is 1.79. The summed E-state index contributed by atoms with van der Waals surface area (Å²) < 4.78 is 7.15. The molecule has 0 fully saturated rings. The van der Waals surface area contributed by atoms with E-state index in [1.54, 1.807) is 17.6 Å². The average molecular weight is 355 g/mol. The Bertz CT molecular complexity index is 923. The quantitative estimate of drug-likeness (QED) is 0.822. The number of amides is 1. The minimum atomic E-state index is -0.535. The van der Waals surface area contributed by atoms with Gasteiger partial charge < -0.3 is 4.74 Å². The van der Waals surface area contributed by atoms with E-state index >= 15 is 0 Å². The first-order chi connectivity index (χ1) is 11.7. The monoisotopic (exact) mass is 355 g/mol. The highest BCUT2D eigenvalue weighted by Crippen LogP contribution is 2.38. The molecule has 7 heteroatoms. The number of hydrogen-bond donors (Lipinski definition) is 1. The van der Waals surface area contributed by atoms with Gasteiger partial charge in [0.2, 0.25) is 0 Å². The molecule has 0 saturated carbocycles. The fraction of sp³-hybridized carbons (Fsp3) is 0.118. The summed E-state index contributed by atoms with van der Waals surface area (Å²) in [5.41, 5.74) is 2.42. The van der Waals surface area contributed by atoms with Crippen molar-refractivity contribution in [3.8, 4) is 0 Å². The zero-order valence-corrected chi connectivity index (χ0v) is 14.4. The molecule has 24 heavy (non-hydrogen) atoms. The van der Waals surface area contributed by atoms with Crippen LogP contribution in [-0.4, -0.2) is 29.4 Å². The fourth-order valence-corrected chi connectivity index (χ4v) is 4.13. The standard InChI is InChI=1S/C17H13N3O2S2/c1-22-17(21)20(23)12-6-11-9-18-19-16(11)13(8-12)15-7-10-4-2-3-5-14(10)24-15/h2-9,13,23H,1H3. The fourth-order valence-electron chi connectivity index (χ4n) is 2.78. The van der Waals surface area contributed by atoms with Gasteiger partial charge in [0.15, 0.2) is 0 Å². The molecular weight excluding hydrogens is 342 g/mol. The van der Waals surface area contributed by atoms with Crippen LogP contribution in [0.1, 0.15) is 10.8 Å². The van der Waals surface area contributed by atoms with Gasteiger partial charge >= 0.3 is 6.09 Å². The molecule has 0 bridgehead atoms. The number of methoxy groups -OCH3 is 1. The number of ether oxygens (including phenoxy) is 1. The topological polar surface area (TPSA) is 54.3 Å². The highest BCUT2D eigenvalue weighted by molar-refractivity contribution is 7.78. The molecule has 1 unspecified atom stereocenters. The van der Waals surface area contributed by atoms with Crippen molar-refractivity contribution in [1.29, 1.82) is 0 Å². The molecule has 0 N–H and O–H groups in total. The van der Waals surface area contributed by atoms with Crippen molar-refractivity contribution in [3.05, 3.63) is 58.6 Å². The lowest BCUT2D eigenvalue weighted by Gasteiger charge is -2.23. The third-order valence-electron chi connectivity index (χ3n) is 3.94. The first kappa shape index (κ1) is 15.2. The Kier molecular flexibility index (Phi) is 3.74. The first-order valence-electron chi connectivity index (χ1n) is 7.27. The number of carbonyl (C=O) groups is 1. The van der Waals surface area contributed by atoms with Crippen LogP contribution >= 0.6 is 24.2 Å². The molecule has 120 valence electrons. The number of rotatable bonds is 2. The van der Waals surface area contributed by atoms with Crippen LogP contribution in [0.25, 0.3) is 10.1 Å². The molecule has 1 atom stereocenters. The molecule has 4 rings (SSSR count). The van der Waals surface area contributed by atoms with Crippen molar-refractivity contribution in [1.82, 2.24) is 4.31 Å². The largest absolute Gasteiger partial charge is 0.452 e. The molecule has 1 aliphatic heterocycles. The van der Waals surface area contributed by atoms with E-state index in [2.05, 4.69) is 41.2 Å². The molecule has 1 amide bonds. The number of fused-ring (bicyclic) bond motifs is 2. The molecule has 5 nitrogen and oxygen atoms in total. The minimum Gasteiger partial charge on any atom is -0.452 e.